The Kier molecular flexibility index (Phi) is 51.9. The lowest BCUT2D eigenvalue weighted by atomic mass is 9.62. The van der Waals surface area contributed by atoms with Crippen LogP contribution in [-0.4, -0.2) is 100 Å². The molecule has 1 heterocycles. The van der Waals surface area contributed by atoms with E-state index in [1.54, 1.807) is 13.8 Å². The van der Waals surface area contributed by atoms with Crippen LogP contribution in [-0.2, 0) is 33.3 Å². The lowest BCUT2D eigenvalue weighted by Crippen LogP contribution is -2.51. The molecule has 17 nitrogen and oxygen atoms in total. The van der Waals surface area contributed by atoms with E-state index in [4.69, 9.17) is 18.9 Å². The Hall–Kier alpha value is -5.03. The number of carbonyl (C=O) groups excluding carboxylic acids is 5. The normalized spacial score (nSPS) is 16.7. The Bertz CT molecular complexity index is 2230. The smallest absolute Gasteiger partial charge is 0.407 e. The molecule has 6 unspecified atom stereocenters. The quantitative estimate of drug-likeness (QED) is 0.0154. The minimum atomic E-state index is -0.467. The number of nitrogens with one attached hydrogen (secondary N) is 4. The largest absolute Gasteiger partial charge is 0.466 e. The van der Waals surface area contributed by atoms with E-state index in [0.717, 1.165) is 180 Å². The summed E-state index contributed by atoms with van der Waals surface area (Å²) in [5, 5.41) is 28.6. The number of allylic oxidation sites excluding steroid dienone is 3. The Morgan fingerprint density at radius 3 is 1.56 bits per heavy atom. The van der Waals surface area contributed by atoms with E-state index in [-0.39, 0.29) is 71.2 Å². The summed E-state index contributed by atoms with van der Waals surface area (Å²) in [5.41, 5.74) is -0.182. The van der Waals surface area contributed by atoms with Crippen LogP contribution < -0.4 is 21.5 Å². The number of hydrogen-bond acceptors (Lipinski definition) is 13. The molecule has 1 aromatic rings. The Morgan fingerprint density at radius 2 is 1.05 bits per heavy atom. The Morgan fingerprint density at radius 1 is 0.591 bits per heavy atom. The highest BCUT2D eigenvalue weighted by Gasteiger charge is 2.42. The summed E-state index contributed by atoms with van der Waals surface area (Å²) in [5.74, 6) is -0.472. The number of aliphatic hydroxyl groups is 2. The molecule has 17 heteroatoms. The molecule has 1 aromatic heterocycles. The zero-order chi connectivity index (χ0) is 68.6. The average molecular weight is 1310 g/mol. The van der Waals surface area contributed by atoms with Gasteiger partial charge in [0.05, 0.1) is 18.8 Å². The van der Waals surface area contributed by atoms with Gasteiger partial charge in [-0.2, -0.15) is 0 Å². The predicted octanol–water partition coefficient (Wildman–Crippen LogP) is 18.6. The standard InChI is InChI=1S/C56H97N5O9.C20H38O3/c1-8-10-12-26-32-47(62)33-27-22-18-14-16-20-24-30-36-50(64)68-41-45(4)69-51(65)37-31-25-21-17-15-19-23-29-35-48(34-28-13-11-9-2)70-54(67)59-46-39-55(5,6)42-56(7,40-46)43-57-53(66)61-52-58-44(3)38-49(63)60-52;1-3-5-6-13-16-19(21)17-14-11-9-7-8-10-12-15-18-20(22)23-4-2/h22-23,27,29,38,45-48,62H,8-21,24-26,28,30-37,39-43H2,1-7H3,(H,59,67)(H3,57,58,60,61,63,66);11,14,19,21H,3-10,12-13,15-18H2,1-2H3/b27-22+,29-23+;14-11+. The molecule has 0 bridgehead atoms. The highest BCUT2D eigenvalue weighted by Crippen LogP contribution is 2.46. The minimum Gasteiger partial charge on any atom is -0.466 e. The van der Waals surface area contributed by atoms with Crippen molar-refractivity contribution in [3.8, 4) is 0 Å². The van der Waals surface area contributed by atoms with Crippen LogP contribution in [0, 0.1) is 17.8 Å². The molecule has 0 spiro atoms. The van der Waals surface area contributed by atoms with Gasteiger partial charge in [0.2, 0.25) is 5.95 Å². The van der Waals surface area contributed by atoms with Crippen molar-refractivity contribution >= 4 is 36.0 Å². The molecule has 536 valence electrons. The number of nitrogens with zero attached hydrogens (tertiary/aromatic N) is 1. The molecule has 0 aromatic carbocycles. The zero-order valence-corrected chi connectivity index (χ0v) is 60.2. The predicted molar refractivity (Wildman–Crippen MR) is 379 cm³/mol. The molecule has 1 aliphatic rings. The second-order valence-corrected chi connectivity index (χ2v) is 27.7. The number of aromatic amines is 1. The molecule has 93 heavy (non-hydrogen) atoms. The van der Waals surface area contributed by atoms with Crippen LogP contribution in [0.25, 0.3) is 0 Å². The van der Waals surface area contributed by atoms with Crippen molar-refractivity contribution in [2.45, 2.75) is 362 Å². The van der Waals surface area contributed by atoms with Gasteiger partial charge in [-0.05, 0) is 147 Å². The van der Waals surface area contributed by atoms with Gasteiger partial charge in [-0.25, -0.2) is 14.6 Å². The van der Waals surface area contributed by atoms with E-state index in [1.165, 1.54) is 63.9 Å². The van der Waals surface area contributed by atoms with Gasteiger partial charge in [-0.15, -0.1) is 0 Å². The summed E-state index contributed by atoms with van der Waals surface area (Å²) >= 11 is 0. The van der Waals surface area contributed by atoms with Crippen molar-refractivity contribution in [1.29, 1.82) is 0 Å². The molecule has 1 aliphatic carbocycles. The summed E-state index contributed by atoms with van der Waals surface area (Å²) in [6.07, 6.45) is 52.8. The van der Waals surface area contributed by atoms with Gasteiger partial charge >= 0.3 is 30.0 Å². The van der Waals surface area contributed by atoms with Crippen LogP contribution in [0.5, 0.6) is 0 Å². The fraction of sp³-hybridized carbons (Fsp3) is 0.803. The van der Waals surface area contributed by atoms with E-state index in [9.17, 15) is 39.0 Å². The second kappa shape index (κ2) is 56.2. The average Bonchev–Trinajstić information content (AvgIpc) is 0.874. The van der Waals surface area contributed by atoms with Crippen LogP contribution in [0.3, 0.4) is 0 Å². The van der Waals surface area contributed by atoms with Gasteiger partial charge in [0.25, 0.3) is 5.56 Å². The fourth-order valence-electron chi connectivity index (χ4n) is 12.3. The summed E-state index contributed by atoms with van der Waals surface area (Å²) in [6, 6.07) is 0.795. The maximum absolute atomic E-state index is 13.4. The van der Waals surface area contributed by atoms with Crippen molar-refractivity contribution in [2.24, 2.45) is 10.8 Å². The molecule has 6 atom stereocenters. The van der Waals surface area contributed by atoms with Gasteiger partial charge in [-0.3, -0.25) is 29.5 Å². The van der Waals surface area contributed by atoms with E-state index >= 15 is 0 Å². The number of ether oxygens (including phenoxy) is 4. The maximum atomic E-state index is 13.4. The fourth-order valence-corrected chi connectivity index (χ4v) is 12.3. The lowest BCUT2D eigenvalue weighted by molar-refractivity contribution is -0.158. The number of carbonyl (C=O) groups is 5. The molecule has 1 fully saturated rings. The number of rotatable bonds is 54. The monoisotopic (exact) mass is 1310 g/mol. The van der Waals surface area contributed by atoms with Gasteiger partial charge in [0.1, 0.15) is 18.8 Å². The van der Waals surface area contributed by atoms with E-state index in [1.807, 2.05) is 6.92 Å². The number of alkyl carbamates (subject to hydrolysis) is 1. The number of unbranched alkanes of at least 4 members (excludes halogenated alkanes) is 24. The molecule has 2 rings (SSSR count). The number of aryl methyl sites for hydroxylation is 1. The van der Waals surface area contributed by atoms with Gasteiger partial charge in [0, 0.05) is 50.0 Å². The minimum absolute atomic E-state index is 0.0660. The summed E-state index contributed by atoms with van der Waals surface area (Å²) in [4.78, 5) is 80.3. The lowest BCUT2D eigenvalue weighted by Gasteiger charge is -2.46. The Labute approximate surface area is 564 Å². The number of urea groups is 1. The first-order chi connectivity index (χ1) is 44.7. The van der Waals surface area contributed by atoms with Crippen molar-refractivity contribution in [1.82, 2.24) is 20.6 Å². The number of anilines is 1. The second-order valence-electron chi connectivity index (χ2n) is 27.7. The van der Waals surface area contributed by atoms with Crippen LogP contribution >= 0.6 is 0 Å². The topological polar surface area (TPSA) is 245 Å². The van der Waals surface area contributed by atoms with Crippen LogP contribution in [0.15, 0.2) is 47.3 Å². The van der Waals surface area contributed by atoms with Crippen molar-refractivity contribution in [3.05, 3.63) is 58.6 Å². The van der Waals surface area contributed by atoms with Gasteiger partial charge in [-0.1, -0.05) is 206 Å². The summed E-state index contributed by atoms with van der Waals surface area (Å²) < 4.78 is 21.8. The van der Waals surface area contributed by atoms with Gasteiger partial charge < -0.3 is 39.8 Å². The number of aliphatic hydroxyl groups excluding tert-OH is 2. The van der Waals surface area contributed by atoms with Gasteiger partial charge in [0.15, 0.2) is 0 Å². The molecule has 3 amide bonds. The first kappa shape index (κ1) is 86.0. The number of amides is 3. The maximum Gasteiger partial charge on any atom is 0.407 e. The third-order valence-electron chi connectivity index (χ3n) is 17.1. The zero-order valence-electron chi connectivity index (χ0n) is 60.2. The third kappa shape index (κ3) is 51.9. The first-order valence-corrected chi connectivity index (χ1v) is 37.1. The highest BCUT2D eigenvalue weighted by atomic mass is 16.6. The molecular formula is C76H135N5O12. The molecule has 0 radical (unpaired) electrons. The van der Waals surface area contributed by atoms with Crippen LogP contribution in [0.2, 0.25) is 0 Å². The molecule has 0 aliphatic heterocycles. The SMILES string of the molecule is CCCCCCC(O)C/C=C/CCCCCCCC(=O)OCC.CCCCCCC(O)C/C=C/CCCCCCCC(=O)OCC(C)OC(=O)CCCCCCC/C=C/CC(CCCCCC)OC(=O)NC1CC(C)(C)CC(C)(CNC(=O)Nc2nc(C)cc(=O)[nH]2)C1. The molecular weight excluding hydrogens is 1170 g/mol. The summed E-state index contributed by atoms with van der Waals surface area (Å²) in [6.45, 7) is 19.3. The molecule has 1 saturated carbocycles. The molecule has 0 saturated heterocycles. The van der Waals surface area contributed by atoms with Crippen molar-refractivity contribution < 1.29 is 53.1 Å². The van der Waals surface area contributed by atoms with Crippen LogP contribution in [0.4, 0.5) is 15.5 Å². The van der Waals surface area contributed by atoms with Crippen molar-refractivity contribution in [3.63, 3.8) is 0 Å². The number of hydrogen-bond donors (Lipinski definition) is 6. The molecule has 6 N–H and O–H groups in total. The first-order valence-electron chi connectivity index (χ1n) is 37.1. The number of aromatic nitrogens is 2. The van der Waals surface area contributed by atoms with Crippen molar-refractivity contribution in [2.75, 3.05) is 25.1 Å². The van der Waals surface area contributed by atoms with E-state index < -0.39 is 18.2 Å². The Balaban J connectivity index is 0.00000158. The highest BCUT2D eigenvalue weighted by molar-refractivity contribution is 5.87. The summed E-state index contributed by atoms with van der Waals surface area (Å²) in [7, 11) is 0. The number of H-pyrrole nitrogens is 1. The third-order valence-corrected chi connectivity index (χ3v) is 17.1. The van der Waals surface area contributed by atoms with E-state index in [0.29, 0.717) is 50.9 Å². The number of esters is 3. The van der Waals surface area contributed by atoms with E-state index in [2.05, 4.69) is 104 Å². The van der Waals surface area contributed by atoms with Crippen LogP contribution in [0.1, 0.15) is 331 Å².